The predicted molar refractivity (Wildman–Crippen MR) is 29.9 cm³/mol. The molecule has 0 spiro atoms. The Kier molecular flexibility index (Phi) is 4.61. The third-order valence-corrected chi connectivity index (χ3v) is 1.26. The maximum Gasteiger partial charge on any atom is 0.312 e. The van der Waals surface area contributed by atoms with E-state index < -0.39 is 11.2 Å². The first-order valence-corrected chi connectivity index (χ1v) is 3.11. The molecule has 0 aliphatic heterocycles. The smallest absolute Gasteiger partial charge is 0.312 e. The molecule has 0 saturated heterocycles. The van der Waals surface area contributed by atoms with Crippen LogP contribution in [0, 0.1) is 0 Å². The summed E-state index contributed by atoms with van der Waals surface area (Å²) in [5, 5.41) is 6.53. The Labute approximate surface area is 54.6 Å². The summed E-state index contributed by atoms with van der Waals surface area (Å²) >= 11 is 0.297. The first kappa shape index (κ1) is 8.84. The topological polar surface area (TPSA) is 20.2 Å². The average molecular weight is 158 g/mol. The second-order valence-corrected chi connectivity index (χ2v) is 2.16. The largest absolute Gasteiger partial charge is 0.396 e. The van der Waals surface area contributed by atoms with E-state index in [1.807, 2.05) is 0 Å². The van der Waals surface area contributed by atoms with Crippen LogP contribution in [-0.4, -0.2) is 17.5 Å². The van der Waals surface area contributed by atoms with Crippen LogP contribution >= 0.6 is 11.8 Å². The van der Waals surface area contributed by atoms with Crippen LogP contribution in [0.2, 0.25) is 0 Å². The Morgan fingerprint density at radius 2 is 1.89 bits per heavy atom. The molecule has 0 aromatic carbocycles. The molecule has 0 heterocycles. The Balaban J connectivity index is 3.50. The molecule has 0 rings (SSSR count). The molecule has 0 bridgehead atoms. The number of thioether (sulfide) groups is 1. The summed E-state index contributed by atoms with van der Waals surface area (Å²) in [5.74, 6) is -0.0385. The molecule has 0 aromatic rings. The first-order valence-electron chi connectivity index (χ1n) is 2.13. The summed E-state index contributed by atoms with van der Waals surface area (Å²) in [6, 6.07) is 0. The summed E-state index contributed by atoms with van der Waals surface area (Å²) in [6.45, 7) is -0.300. The fourth-order valence-electron chi connectivity index (χ4n) is 0.190. The van der Waals surface area contributed by atoms with E-state index in [-0.39, 0.29) is 12.4 Å². The minimum atomic E-state index is -2.33. The van der Waals surface area contributed by atoms with Crippen LogP contribution in [0.15, 0.2) is 11.2 Å². The zero-order chi connectivity index (χ0) is 7.28. The monoisotopic (exact) mass is 158 g/mol. The van der Waals surface area contributed by atoms with Crippen LogP contribution in [0.25, 0.3) is 0 Å². The van der Waals surface area contributed by atoms with Gasteiger partial charge >= 0.3 is 6.08 Å². The van der Waals surface area contributed by atoms with Gasteiger partial charge in [-0.2, -0.15) is 13.2 Å². The lowest BCUT2D eigenvalue weighted by atomic mass is 10.9. The Hall–Kier alpha value is -0.160. The van der Waals surface area contributed by atoms with Crippen molar-refractivity contribution in [3.05, 3.63) is 11.2 Å². The van der Waals surface area contributed by atoms with Crippen LogP contribution in [0.5, 0.6) is 0 Å². The van der Waals surface area contributed by atoms with Gasteiger partial charge in [-0.15, -0.1) is 0 Å². The third kappa shape index (κ3) is 4.35. The summed E-state index contributed by atoms with van der Waals surface area (Å²) in [4.78, 5) is 0. The molecule has 0 atom stereocenters. The van der Waals surface area contributed by atoms with Crippen LogP contribution in [0.1, 0.15) is 0 Å². The lowest BCUT2D eigenvalue weighted by Crippen LogP contribution is -1.84. The second kappa shape index (κ2) is 4.69. The van der Waals surface area contributed by atoms with Crippen molar-refractivity contribution in [1.82, 2.24) is 0 Å². The van der Waals surface area contributed by atoms with Gasteiger partial charge in [0.25, 0.3) is 0 Å². The number of aliphatic hydroxyl groups is 1. The first-order chi connectivity index (χ1) is 4.18. The molecular formula is C4H5F3OS. The fraction of sp³-hybridized carbons (Fsp3) is 0.500. The minimum Gasteiger partial charge on any atom is -0.396 e. The molecule has 0 saturated carbocycles. The van der Waals surface area contributed by atoms with Crippen molar-refractivity contribution in [3.8, 4) is 0 Å². The zero-order valence-electron chi connectivity index (χ0n) is 4.40. The highest BCUT2D eigenvalue weighted by molar-refractivity contribution is 8.02. The van der Waals surface area contributed by atoms with E-state index in [0.717, 1.165) is 0 Å². The van der Waals surface area contributed by atoms with Gasteiger partial charge in [-0.05, 0) is 0 Å². The molecule has 0 fully saturated rings. The quantitative estimate of drug-likeness (QED) is 0.675. The van der Waals surface area contributed by atoms with E-state index in [1.54, 1.807) is 0 Å². The second-order valence-electron chi connectivity index (χ2n) is 1.11. The molecule has 9 heavy (non-hydrogen) atoms. The molecule has 0 aliphatic carbocycles. The van der Waals surface area contributed by atoms with Crippen molar-refractivity contribution in [2.45, 2.75) is 0 Å². The van der Waals surface area contributed by atoms with Crippen molar-refractivity contribution in [2.24, 2.45) is 0 Å². The Morgan fingerprint density at radius 1 is 1.33 bits per heavy atom. The summed E-state index contributed by atoms with van der Waals surface area (Å²) in [7, 11) is 0. The lowest BCUT2D eigenvalue weighted by molar-refractivity contribution is 0.322. The van der Waals surface area contributed by atoms with Gasteiger partial charge in [0.15, 0.2) is 0 Å². The van der Waals surface area contributed by atoms with Gasteiger partial charge in [-0.1, -0.05) is 11.8 Å². The van der Waals surface area contributed by atoms with Gasteiger partial charge < -0.3 is 5.11 Å². The number of halogens is 3. The van der Waals surface area contributed by atoms with Crippen molar-refractivity contribution >= 4 is 11.8 Å². The lowest BCUT2D eigenvalue weighted by Gasteiger charge is -1.90. The highest BCUT2D eigenvalue weighted by Gasteiger charge is 2.03. The standard InChI is InChI=1S/C4H5F3OS/c5-3(6)4(7)9-2-1-8/h8H,1-2H2. The Bertz CT molecular complexity index is 110. The molecule has 0 radical (unpaired) electrons. The molecule has 0 aliphatic rings. The maximum atomic E-state index is 11.7. The normalized spacial score (nSPS) is 9.33. The minimum absolute atomic E-state index is 0.0385. The third-order valence-electron chi connectivity index (χ3n) is 0.469. The molecule has 0 unspecified atom stereocenters. The number of hydrogen-bond acceptors (Lipinski definition) is 2. The van der Waals surface area contributed by atoms with E-state index in [4.69, 9.17) is 5.11 Å². The van der Waals surface area contributed by atoms with E-state index >= 15 is 0 Å². The Morgan fingerprint density at radius 3 is 2.22 bits per heavy atom. The van der Waals surface area contributed by atoms with Crippen molar-refractivity contribution in [2.75, 3.05) is 12.4 Å². The molecule has 0 amide bonds. The van der Waals surface area contributed by atoms with Crippen LogP contribution < -0.4 is 0 Å². The SMILES string of the molecule is OCCSC(F)=C(F)F. The van der Waals surface area contributed by atoms with Gasteiger partial charge in [0.1, 0.15) is 0 Å². The highest BCUT2D eigenvalue weighted by atomic mass is 32.2. The van der Waals surface area contributed by atoms with E-state index in [2.05, 4.69) is 0 Å². The van der Waals surface area contributed by atoms with E-state index in [1.165, 1.54) is 0 Å². The molecule has 0 aromatic heterocycles. The molecule has 5 heteroatoms. The number of rotatable bonds is 3. The van der Waals surface area contributed by atoms with Crippen molar-refractivity contribution in [3.63, 3.8) is 0 Å². The fourth-order valence-corrected chi connectivity index (χ4v) is 0.569. The van der Waals surface area contributed by atoms with Crippen molar-refractivity contribution in [1.29, 1.82) is 0 Å². The van der Waals surface area contributed by atoms with Gasteiger partial charge in [-0.25, -0.2) is 0 Å². The van der Waals surface area contributed by atoms with E-state index in [0.29, 0.717) is 11.8 Å². The average Bonchev–Trinajstić information content (AvgIpc) is 1.82. The number of hydrogen-bond donors (Lipinski definition) is 1. The molecule has 1 nitrogen and oxygen atoms in total. The van der Waals surface area contributed by atoms with Gasteiger partial charge in [0.2, 0.25) is 5.16 Å². The maximum absolute atomic E-state index is 11.7. The van der Waals surface area contributed by atoms with Crippen molar-refractivity contribution < 1.29 is 18.3 Å². The van der Waals surface area contributed by atoms with Crippen LogP contribution in [0.3, 0.4) is 0 Å². The summed E-state index contributed by atoms with van der Waals surface area (Å²) < 4.78 is 34.0. The molecular weight excluding hydrogens is 153 g/mol. The summed E-state index contributed by atoms with van der Waals surface area (Å²) in [6.07, 6.45) is -2.33. The van der Waals surface area contributed by atoms with Gasteiger partial charge in [-0.3, -0.25) is 0 Å². The summed E-state index contributed by atoms with van der Waals surface area (Å²) in [5.41, 5.74) is 0. The zero-order valence-corrected chi connectivity index (χ0v) is 5.22. The van der Waals surface area contributed by atoms with E-state index in [9.17, 15) is 13.2 Å². The highest BCUT2D eigenvalue weighted by Crippen LogP contribution is 2.21. The van der Waals surface area contributed by atoms with Gasteiger partial charge in [0.05, 0.1) is 6.61 Å². The molecule has 54 valence electrons. The van der Waals surface area contributed by atoms with Crippen LogP contribution in [0.4, 0.5) is 13.2 Å². The molecule has 1 N–H and O–H groups in total. The van der Waals surface area contributed by atoms with Gasteiger partial charge in [0, 0.05) is 5.75 Å². The number of aliphatic hydroxyl groups excluding tert-OH is 1. The predicted octanol–water partition coefficient (Wildman–Crippen LogP) is 1.75. The van der Waals surface area contributed by atoms with Crippen LogP contribution in [-0.2, 0) is 0 Å².